The van der Waals surface area contributed by atoms with E-state index < -0.39 is 5.97 Å². The van der Waals surface area contributed by atoms with Crippen molar-refractivity contribution in [3.8, 4) is 0 Å². The van der Waals surface area contributed by atoms with Gasteiger partial charge in [-0.3, -0.25) is 4.79 Å². The number of carboxylic acids is 1. The highest BCUT2D eigenvalue weighted by atomic mass is 35.5. The van der Waals surface area contributed by atoms with Gasteiger partial charge in [-0.15, -0.1) is 11.6 Å². The molecule has 0 saturated heterocycles. The van der Waals surface area contributed by atoms with Crippen LogP contribution in [0.5, 0.6) is 0 Å². The quantitative estimate of drug-likeness (QED) is 0.647. The molecular weight excluding hydrogens is 152 g/mol. The van der Waals surface area contributed by atoms with E-state index >= 15 is 0 Å². The maximum atomic E-state index is 10.2. The van der Waals surface area contributed by atoms with Crippen molar-refractivity contribution in [2.75, 3.05) is 0 Å². The fourth-order valence-electron chi connectivity index (χ4n) is 0.856. The number of hydrogen-bond donors (Lipinski definition) is 1. The van der Waals surface area contributed by atoms with Crippen LogP contribution >= 0.6 is 11.6 Å². The highest BCUT2D eigenvalue weighted by Crippen LogP contribution is 2.17. The Bertz CT molecular complexity index is 112. The van der Waals surface area contributed by atoms with E-state index in [9.17, 15) is 4.79 Å². The van der Waals surface area contributed by atoms with E-state index in [2.05, 4.69) is 0 Å². The molecule has 0 heterocycles. The van der Waals surface area contributed by atoms with Crippen LogP contribution in [0.1, 0.15) is 26.7 Å². The summed E-state index contributed by atoms with van der Waals surface area (Å²) in [5.41, 5.74) is 0. The molecule has 1 N–H and O–H groups in total. The van der Waals surface area contributed by atoms with Crippen LogP contribution in [0.15, 0.2) is 0 Å². The number of carboxylic acid groups (broad SMARTS) is 1. The van der Waals surface area contributed by atoms with Gasteiger partial charge in [-0.2, -0.15) is 0 Å². The van der Waals surface area contributed by atoms with Gasteiger partial charge in [0.15, 0.2) is 0 Å². The standard InChI is InChI=1S/C7H13ClO2/c1-3-6(5(2)8)4-7(9)10/h5-6H,3-4H2,1-2H3,(H,9,10). The molecule has 2 unspecified atom stereocenters. The lowest BCUT2D eigenvalue weighted by Gasteiger charge is -2.13. The van der Waals surface area contributed by atoms with E-state index in [-0.39, 0.29) is 17.7 Å². The summed E-state index contributed by atoms with van der Waals surface area (Å²) in [5.74, 6) is -0.654. The van der Waals surface area contributed by atoms with E-state index in [4.69, 9.17) is 16.7 Å². The van der Waals surface area contributed by atoms with Crippen LogP contribution in [-0.4, -0.2) is 16.5 Å². The summed E-state index contributed by atoms with van der Waals surface area (Å²) < 4.78 is 0. The van der Waals surface area contributed by atoms with Crippen molar-refractivity contribution in [1.82, 2.24) is 0 Å². The SMILES string of the molecule is CCC(CC(=O)O)C(C)Cl. The molecule has 0 amide bonds. The van der Waals surface area contributed by atoms with Gasteiger partial charge in [0.05, 0.1) is 0 Å². The van der Waals surface area contributed by atoms with Crippen molar-refractivity contribution in [2.24, 2.45) is 5.92 Å². The molecular formula is C7H13ClO2. The number of alkyl halides is 1. The lowest BCUT2D eigenvalue weighted by molar-refractivity contribution is -0.138. The Kier molecular flexibility index (Phi) is 4.45. The van der Waals surface area contributed by atoms with Gasteiger partial charge in [-0.25, -0.2) is 0 Å². The minimum absolute atomic E-state index is 0.0406. The monoisotopic (exact) mass is 164 g/mol. The van der Waals surface area contributed by atoms with Gasteiger partial charge in [0.2, 0.25) is 0 Å². The third-order valence-corrected chi connectivity index (χ3v) is 1.97. The Labute approximate surface area is 66.2 Å². The molecule has 0 aromatic carbocycles. The van der Waals surface area contributed by atoms with Gasteiger partial charge in [0.25, 0.3) is 0 Å². The van der Waals surface area contributed by atoms with Crippen LogP contribution in [0, 0.1) is 5.92 Å². The van der Waals surface area contributed by atoms with E-state index in [1.165, 1.54) is 0 Å². The first kappa shape index (κ1) is 9.76. The molecule has 60 valence electrons. The summed E-state index contributed by atoms with van der Waals surface area (Å²) in [6.45, 7) is 3.78. The third-order valence-electron chi connectivity index (χ3n) is 1.61. The molecule has 0 radical (unpaired) electrons. The van der Waals surface area contributed by atoms with Gasteiger partial charge >= 0.3 is 5.97 Å². The smallest absolute Gasteiger partial charge is 0.303 e. The molecule has 0 spiro atoms. The van der Waals surface area contributed by atoms with Gasteiger partial charge < -0.3 is 5.11 Å². The fourth-order valence-corrected chi connectivity index (χ4v) is 1.12. The Morgan fingerprint density at radius 1 is 1.70 bits per heavy atom. The second kappa shape index (κ2) is 4.56. The first-order chi connectivity index (χ1) is 4.57. The number of hydrogen-bond acceptors (Lipinski definition) is 1. The van der Waals surface area contributed by atoms with Gasteiger partial charge in [0.1, 0.15) is 0 Å². The molecule has 0 bridgehead atoms. The van der Waals surface area contributed by atoms with Crippen LogP contribution < -0.4 is 0 Å². The van der Waals surface area contributed by atoms with Crippen molar-refractivity contribution in [1.29, 1.82) is 0 Å². The van der Waals surface area contributed by atoms with Crippen LogP contribution in [0.4, 0.5) is 0 Å². The summed E-state index contributed by atoms with van der Waals surface area (Å²) in [6.07, 6.45) is 1.01. The predicted molar refractivity (Wildman–Crippen MR) is 41.3 cm³/mol. The predicted octanol–water partition coefficient (Wildman–Crippen LogP) is 2.11. The molecule has 0 aromatic rings. The molecule has 0 aromatic heterocycles. The summed E-state index contributed by atoms with van der Waals surface area (Å²) >= 11 is 5.72. The number of rotatable bonds is 4. The molecule has 2 atom stereocenters. The molecule has 0 aliphatic rings. The molecule has 10 heavy (non-hydrogen) atoms. The zero-order valence-corrected chi connectivity index (χ0v) is 7.06. The molecule has 0 fully saturated rings. The minimum atomic E-state index is -0.764. The molecule has 0 aliphatic carbocycles. The van der Waals surface area contributed by atoms with Gasteiger partial charge in [-0.05, 0) is 12.8 Å². The largest absolute Gasteiger partial charge is 0.481 e. The lowest BCUT2D eigenvalue weighted by atomic mass is 9.99. The van der Waals surface area contributed by atoms with Crippen molar-refractivity contribution < 1.29 is 9.90 Å². The second-order valence-electron chi connectivity index (χ2n) is 2.44. The topological polar surface area (TPSA) is 37.3 Å². The molecule has 0 saturated carbocycles. The summed E-state index contributed by atoms with van der Waals surface area (Å²) in [5, 5.41) is 8.36. The summed E-state index contributed by atoms with van der Waals surface area (Å²) in [4.78, 5) is 10.2. The zero-order chi connectivity index (χ0) is 8.15. The number of carbonyl (C=O) groups is 1. The van der Waals surface area contributed by atoms with Gasteiger partial charge in [-0.1, -0.05) is 13.3 Å². The molecule has 0 aliphatic heterocycles. The van der Waals surface area contributed by atoms with Crippen LogP contribution in [0.25, 0.3) is 0 Å². The van der Waals surface area contributed by atoms with E-state index in [0.29, 0.717) is 0 Å². The lowest BCUT2D eigenvalue weighted by Crippen LogP contribution is -2.14. The van der Waals surface area contributed by atoms with Crippen molar-refractivity contribution in [2.45, 2.75) is 32.1 Å². The van der Waals surface area contributed by atoms with Gasteiger partial charge in [0, 0.05) is 11.8 Å². The normalized spacial score (nSPS) is 16.3. The Morgan fingerprint density at radius 3 is 2.30 bits per heavy atom. The van der Waals surface area contributed by atoms with E-state index in [1.807, 2.05) is 13.8 Å². The maximum absolute atomic E-state index is 10.2. The first-order valence-corrected chi connectivity index (χ1v) is 3.87. The van der Waals surface area contributed by atoms with Crippen LogP contribution in [0.2, 0.25) is 0 Å². The highest BCUT2D eigenvalue weighted by Gasteiger charge is 2.15. The van der Waals surface area contributed by atoms with Crippen molar-refractivity contribution >= 4 is 17.6 Å². The average molecular weight is 165 g/mol. The maximum Gasteiger partial charge on any atom is 0.303 e. The number of aliphatic carboxylic acids is 1. The zero-order valence-electron chi connectivity index (χ0n) is 6.30. The Balaban J connectivity index is 3.71. The summed E-state index contributed by atoms with van der Waals surface area (Å²) in [6, 6.07) is 0. The Hall–Kier alpha value is -0.240. The fraction of sp³-hybridized carbons (Fsp3) is 0.857. The molecule has 2 nitrogen and oxygen atoms in total. The number of halogens is 1. The minimum Gasteiger partial charge on any atom is -0.481 e. The van der Waals surface area contributed by atoms with Crippen molar-refractivity contribution in [3.63, 3.8) is 0 Å². The molecule has 0 rings (SSSR count). The second-order valence-corrected chi connectivity index (χ2v) is 3.13. The van der Waals surface area contributed by atoms with Crippen molar-refractivity contribution in [3.05, 3.63) is 0 Å². The first-order valence-electron chi connectivity index (χ1n) is 3.43. The third kappa shape index (κ3) is 3.72. The average Bonchev–Trinajstić information content (AvgIpc) is 1.81. The highest BCUT2D eigenvalue weighted by molar-refractivity contribution is 6.20. The summed E-state index contributed by atoms with van der Waals surface area (Å²) in [7, 11) is 0. The van der Waals surface area contributed by atoms with E-state index in [1.54, 1.807) is 0 Å². The van der Waals surface area contributed by atoms with E-state index in [0.717, 1.165) is 6.42 Å². The van der Waals surface area contributed by atoms with Crippen LogP contribution in [-0.2, 0) is 4.79 Å². The van der Waals surface area contributed by atoms with Crippen LogP contribution in [0.3, 0.4) is 0 Å². The molecule has 3 heteroatoms. The Morgan fingerprint density at radius 2 is 2.20 bits per heavy atom.